The SMILES string of the molecule is COC1=CCC(C)(C2(C)Sc3ccccc3N(CCN(C)C)C(O)C23CC3)C=C1. The minimum Gasteiger partial charge on any atom is -0.497 e. The van der Waals surface area contributed by atoms with Crippen LogP contribution in [0, 0.1) is 10.8 Å². The molecule has 0 bridgehead atoms. The predicted octanol–water partition coefficient (Wildman–Crippen LogP) is 4.51. The maximum Gasteiger partial charge on any atom is 0.134 e. The summed E-state index contributed by atoms with van der Waals surface area (Å²) in [6.45, 7) is 6.48. The van der Waals surface area contributed by atoms with E-state index >= 15 is 0 Å². The van der Waals surface area contributed by atoms with E-state index in [0.29, 0.717) is 0 Å². The van der Waals surface area contributed by atoms with Gasteiger partial charge in [-0.15, -0.1) is 11.8 Å². The summed E-state index contributed by atoms with van der Waals surface area (Å²) in [4.78, 5) is 5.72. The number of rotatable bonds is 5. The van der Waals surface area contributed by atoms with E-state index in [4.69, 9.17) is 4.74 Å². The Morgan fingerprint density at radius 2 is 1.97 bits per heavy atom. The Labute approximate surface area is 179 Å². The molecule has 29 heavy (non-hydrogen) atoms. The van der Waals surface area contributed by atoms with Crippen LogP contribution in [-0.4, -0.2) is 55.3 Å². The molecule has 0 radical (unpaired) electrons. The minimum absolute atomic E-state index is 0.0676. The first-order chi connectivity index (χ1) is 13.8. The van der Waals surface area contributed by atoms with Crippen LogP contribution in [-0.2, 0) is 4.74 Å². The fourth-order valence-electron chi connectivity index (χ4n) is 5.10. The molecule has 4 nitrogen and oxygen atoms in total. The molecule has 0 aromatic heterocycles. The quantitative estimate of drug-likeness (QED) is 0.767. The first kappa shape index (κ1) is 20.8. The summed E-state index contributed by atoms with van der Waals surface area (Å²) in [6.07, 6.45) is 9.20. The molecule has 3 unspecified atom stereocenters. The molecule has 3 atom stereocenters. The number of benzene rings is 1. The molecule has 1 saturated carbocycles. The van der Waals surface area contributed by atoms with Gasteiger partial charge in [-0.25, -0.2) is 0 Å². The van der Waals surface area contributed by atoms with Gasteiger partial charge in [0.1, 0.15) is 12.0 Å². The van der Waals surface area contributed by atoms with E-state index in [1.54, 1.807) is 7.11 Å². The Morgan fingerprint density at radius 1 is 1.24 bits per heavy atom. The Hall–Kier alpha value is -1.43. The van der Waals surface area contributed by atoms with Crippen molar-refractivity contribution in [1.29, 1.82) is 0 Å². The molecule has 0 amide bonds. The maximum absolute atomic E-state index is 11.8. The molecule has 5 heteroatoms. The number of nitrogens with zero attached hydrogens (tertiary/aromatic N) is 2. The number of thioether (sulfide) groups is 1. The molecule has 1 aliphatic heterocycles. The number of fused-ring (bicyclic) bond motifs is 1. The molecule has 2 aliphatic carbocycles. The van der Waals surface area contributed by atoms with Crippen LogP contribution < -0.4 is 4.90 Å². The van der Waals surface area contributed by atoms with Crippen LogP contribution in [0.1, 0.15) is 33.1 Å². The second kappa shape index (κ2) is 7.36. The van der Waals surface area contributed by atoms with Crippen molar-refractivity contribution in [3.63, 3.8) is 0 Å². The monoisotopic (exact) mass is 414 g/mol. The van der Waals surface area contributed by atoms with Crippen molar-refractivity contribution in [3.8, 4) is 0 Å². The molecule has 1 spiro atoms. The second-order valence-corrected chi connectivity index (χ2v) is 10.9. The smallest absolute Gasteiger partial charge is 0.134 e. The molecule has 4 rings (SSSR count). The number of ether oxygens (including phenoxy) is 1. The van der Waals surface area contributed by atoms with Crippen LogP contribution >= 0.6 is 11.8 Å². The van der Waals surface area contributed by atoms with Crippen LogP contribution in [0.2, 0.25) is 0 Å². The van der Waals surface area contributed by atoms with Gasteiger partial charge in [-0.05, 0) is 64.6 Å². The lowest BCUT2D eigenvalue weighted by atomic mass is 9.65. The van der Waals surface area contributed by atoms with E-state index in [2.05, 4.69) is 80.2 Å². The van der Waals surface area contributed by atoms with Crippen molar-refractivity contribution < 1.29 is 9.84 Å². The zero-order valence-corrected chi connectivity index (χ0v) is 19.1. The summed E-state index contributed by atoms with van der Waals surface area (Å²) in [5, 5.41) is 11.8. The molecule has 1 heterocycles. The minimum atomic E-state index is -0.485. The summed E-state index contributed by atoms with van der Waals surface area (Å²) in [5.74, 6) is 0.933. The molecule has 158 valence electrons. The second-order valence-electron chi connectivity index (χ2n) is 9.40. The van der Waals surface area contributed by atoms with Crippen molar-refractivity contribution in [1.82, 2.24) is 4.90 Å². The number of anilines is 1. The number of methoxy groups -OCH3 is 1. The Kier molecular flexibility index (Phi) is 5.29. The van der Waals surface area contributed by atoms with Crippen LogP contribution in [0.4, 0.5) is 5.69 Å². The highest BCUT2D eigenvalue weighted by molar-refractivity contribution is 8.01. The number of hydrogen-bond acceptors (Lipinski definition) is 5. The molecule has 1 aromatic carbocycles. The standard InChI is InChI=1S/C24H34N2O2S/c1-22(12-10-18(28-5)11-13-22)23(2)24(14-15-24)21(27)26(17-16-25(3)4)19-8-6-7-9-20(19)29-23/h6-12,21,27H,13-17H2,1-5H3. The fourth-order valence-corrected chi connectivity index (χ4v) is 6.88. The summed E-state index contributed by atoms with van der Waals surface area (Å²) >= 11 is 1.97. The van der Waals surface area contributed by atoms with Gasteiger partial charge in [-0.1, -0.05) is 25.1 Å². The zero-order chi connectivity index (χ0) is 20.9. The third-order valence-corrected chi connectivity index (χ3v) is 9.32. The highest BCUT2D eigenvalue weighted by atomic mass is 32.2. The average Bonchev–Trinajstić information content (AvgIpc) is 3.52. The topological polar surface area (TPSA) is 35.9 Å². The van der Waals surface area contributed by atoms with E-state index in [0.717, 1.165) is 38.1 Å². The summed E-state index contributed by atoms with van der Waals surface area (Å²) < 4.78 is 5.32. The summed E-state index contributed by atoms with van der Waals surface area (Å²) in [5.41, 5.74) is 0.973. The highest BCUT2D eigenvalue weighted by Gasteiger charge is 2.69. The number of hydrogen-bond donors (Lipinski definition) is 1. The predicted molar refractivity (Wildman–Crippen MR) is 121 cm³/mol. The lowest BCUT2D eigenvalue weighted by Crippen LogP contribution is -2.56. The first-order valence-electron chi connectivity index (χ1n) is 10.6. The molecule has 3 aliphatic rings. The summed E-state index contributed by atoms with van der Waals surface area (Å²) in [7, 11) is 5.91. The van der Waals surface area contributed by atoms with Crippen LogP contribution in [0.5, 0.6) is 0 Å². The number of aliphatic hydroxyl groups is 1. The van der Waals surface area contributed by atoms with Crippen LogP contribution in [0.3, 0.4) is 0 Å². The largest absolute Gasteiger partial charge is 0.497 e. The van der Waals surface area contributed by atoms with Gasteiger partial charge in [0.15, 0.2) is 0 Å². The van der Waals surface area contributed by atoms with Gasteiger partial charge in [0, 0.05) is 33.6 Å². The van der Waals surface area contributed by atoms with Crippen molar-refractivity contribution in [2.24, 2.45) is 10.8 Å². The number of likely N-dealkylation sites (N-methyl/N-ethyl adjacent to an activating group) is 1. The van der Waals surface area contributed by atoms with Gasteiger partial charge < -0.3 is 19.6 Å². The van der Waals surface area contributed by atoms with E-state index < -0.39 is 6.23 Å². The fraction of sp³-hybridized carbons (Fsp3) is 0.583. The molecular formula is C24H34N2O2S. The Balaban J connectivity index is 1.78. The van der Waals surface area contributed by atoms with Gasteiger partial charge in [0.2, 0.25) is 0 Å². The van der Waals surface area contributed by atoms with Crippen LogP contribution in [0.25, 0.3) is 0 Å². The molecular weight excluding hydrogens is 380 g/mol. The average molecular weight is 415 g/mol. The molecule has 1 N–H and O–H groups in total. The van der Waals surface area contributed by atoms with Gasteiger partial charge in [-0.2, -0.15) is 0 Å². The highest BCUT2D eigenvalue weighted by Crippen LogP contribution is 2.72. The van der Waals surface area contributed by atoms with E-state index in [9.17, 15) is 5.11 Å². The first-order valence-corrected chi connectivity index (χ1v) is 11.4. The maximum atomic E-state index is 11.8. The molecule has 0 saturated heterocycles. The number of allylic oxidation sites excluding steroid dienone is 3. The van der Waals surface area contributed by atoms with Gasteiger partial charge >= 0.3 is 0 Å². The summed E-state index contributed by atoms with van der Waals surface area (Å²) in [6, 6.07) is 8.61. The number of aliphatic hydroxyl groups excluding tert-OH is 1. The van der Waals surface area contributed by atoms with E-state index in [1.807, 2.05) is 11.8 Å². The lowest BCUT2D eigenvalue weighted by molar-refractivity contribution is 0.0383. The van der Waals surface area contributed by atoms with E-state index in [1.165, 1.54) is 10.6 Å². The van der Waals surface area contributed by atoms with Gasteiger partial charge in [0.25, 0.3) is 0 Å². The van der Waals surface area contributed by atoms with Crippen LogP contribution in [0.15, 0.2) is 53.1 Å². The Bertz CT molecular complexity index is 832. The van der Waals surface area contributed by atoms with Crippen molar-refractivity contribution in [3.05, 3.63) is 48.3 Å². The van der Waals surface area contributed by atoms with Crippen molar-refractivity contribution in [2.45, 2.75) is 49.0 Å². The van der Waals surface area contributed by atoms with Gasteiger partial charge in [0.05, 0.1) is 12.8 Å². The third kappa shape index (κ3) is 3.22. The third-order valence-electron chi connectivity index (χ3n) is 7.47. The normalized spacial score (nSPS) is 32.7. The molecule has 1 fully saturated rings. The van der Waals surface area contributed by atoms with Crippen molar-refractivity contribution >= 4 is 17.4 Å². The number of para-hydroxylation sites is 1. The zero-order valence-electron chi connectivity index (χ0n) is 18.3. The Morgan fingerprint density at radius 3 is 2.55 bits per heavy atom. The van der Waals surface area contributed by atoms with Gasteiger partial charge in [-0.3, -0.25) is 0 Å². The lowest BCUT2D eigenvalue weighted by Gasteiger charge is -2.51. The van der Waals surface area contributed by atoms with Crippen molar-refractivity contribution in [2.75, 3.05) is 39.2 Å². The van der Waals surface area contributed by atoms with E-state index in [-0.39, 0.29) is 15.6 Å². The molecule has 1 aromatic rings.